The average molecular weight is 342 g/mol. The van der Waals surface area contributed by atoms with E-state index in [-0.39, 0.29) is 12.0 Å². The number of carbonyl (C=O) groups excluding carboxylic acids is 1. The second-order valence-corrected chi connectivity index (χ2v) is 6.51. The molecule has 1 saturated heterocycles. The van der Waals surface area contributed by atoms with Gasteiger partial charge < -0.3 is 19.4 Å². The van der Waals surface area contributed by atoms with Crippen molar-refractivity contribution >= 4 is 5.91 Å². The first-order valence-electron chi connectivity index (χ1n) is 8.90. The van der Waals surface area contributed by atoms with Crippen LogP contribution in [0.3, 0.4) is 0 Å². The van der Waals surface area contributed by atoms with Gasteiger partial charge in [0.05, 0.1) is 19.2 Å². The lowest BCUT2D eigenvalue weighted by Gasteiger charge is -2.22. The molecule has 0 radical (unpaired) electrons. The highest BCUT2D eigenvalue weighted by molar-refractivity contribution is 5.78. The van der Waals surface area contributed by atoms with Gasteiger partial charge in [-0.2, -0.15) is 0 Å². The molecule has 1 aliphatic heterocycles. The molecule has 134 valence electrons. The van der Waals surface area contributed by atoms with Crippen LogP contribution in [0.5, 0.6) is 0 Å². The number of carbonyl (C=O) groups is 1. The van der Waals surface area contributed by atoms with Gasteiger partial charge >= 0.3 is 0 Å². The molecule has 0 spiro atoms. The van der Waals surface area contributed by atoms with E-state index in [0.29, 0.717) is 19.6 Å². The molecule has 1 aliphatic rings. The minimum absolute atomic E-state index is 0.0657. The van der Waals surface area contributed by atoms with Crippen LogP contribution < -0.4 is 5.32 Å². The van der Waals surface area contributed by atoms with Crippen LogP contribution in [-0.2, 0) is 22.6 Å². The maximum atomic E-state index is 12.7. The topological polar surface area (TPSA) is 54.7 Å². The van der Waals surface area contributed by atoms with Crippen molar-refractivity contribution in [3.05, 3.63) is 59.5 Å². The zero-order valence-electron chi connectivity index (χ0n) is 14.7. The summed E-state index contributed by atoms with van der Waals surface area (Å²) in [6.45, 7) is 4.83. The van der Waals surface area contributed by atoms with E-state index in [0.717, 1.165) is 43.1 Å². The van der Waals surface area contributed by atoms with Crippen LogP contribution in [0.15, 0.2) is 46.9 Å². The fraction of sp³-hybridized carbons (Fsp3) is 0.450. The van der Waals surface area contributed by atoms with Gasteiger partial charge in [-0.3, -0.25) is 4.79 Å². The van der Waals surface area contributed by atoms with Crippen LogP contribution in [-0.4, -0.2) is 36.6 Å². The quantitative estimate of drug-likeness (QED) is 0.801. The van der Waals surface area contributed by atoms with E-state index in [1.165, 1.54) is 0 Å². The fourth-order valence-corrected chi connectivity index (χ4v) is 3.05. The number of amides is 1. The summed E-state index contributed by atoms with van der Waals surface area (Å²) < 4.78 is 11.2. The van der Waals surface area contributed by atoms with E-state index in [2.05, 4.69) is 5.32 Å². The van der Waals surface area contributed by atoms with Crippen molar-refractivity contribution in [2.24, 2.45) is 0 Å². The van der Waals surface area contributed by atoms with E-state index in [1.54, 1.807) is 0 Å². The number of furan rings is 1. The highest BCUT2D eigenvalue weighted by Crippen LogP contribution is 2.13. The molecule has 1 aromatic heterocycles. The number of rotatable bonds is 8. The van der Waals surface area contributed by atoms with E-state index in [4.69, 9.17) is 9.15 Å². The first-order valence-corrected chi connectivity index (χ1v) is 8.90. The van der Waals surface area contributed by atoms with Crippen LogP contribution in [0.4, 0.5) is 0 Å². The minimum atomic E-state index is 0.0657. The van der Waals surface area contributed by atoms with Crippen molar-refractivity contribution < 1.29 is 13.9 Å². The SMILES string of the molecule is Cc1ccc(CN(Cc2ccccc2)C(=O)CNCC2CCCO2)o1. The van der Waals surface area contributed by atoms with Gasteiger partial charge in [0.2, 0.25) is 5.91 Å². The Balaban J connectivity index is 1.58. The molecule has 1 fully saturated rings. The Morgan fingerprint density at radius 3 is 2.72 bits per heavy atom. The molecule has 1 N–H and O–H groups in total. The predicted octanol–water partition coefficient (Wildman–Crippen LogP) is 2.89. The van der Waals surface area contributed by atoms with Crippen LogP contribution in [0, 0.1) is 6.92 Å². The standard InChI is InChI=1S/C20H26N2O3/c1-16-9-10-19(25-16)15-22(14-17-6-3-2-4-7-17)20(23)13-21-12-18-8-5-11-24-18/h2-4,6-7,9-10,18,21H,5,8,11-15H2,1H3. The lowest BCUT2D eigenvalue weighted by Crippen LogP contribution is -2.39. The van der Waals surface area contributed by atoms with Gasteiger partial charge in [-0.15, -0.1) is 0 Å². The Morgan fingerprint density at radius 2 is 2.04 bits per heavy atom. The maximum absolute atomic E-state index is 12.7. The monoisotopic (exact) mass is 342 g/mol. The lowest BCUT2D eigenvalue weighted by atomic mass is 10.2. The van der Waals surface area contributed by atoms with E-state index in [1.807, 2.05) is 54.3 Å². The van der Waals surface area contributed by atoms with Gasteiger partial charge in [-0.25, -0.2) is 0 Å². The van der Waals surface area contributed by atoms with Crippen LogP contribution in [0.2, 0.25) is 0 Å². The molecule has 0 aliphatic carbocycles. The maximum Gasteiger partial charge on any atom is 0.237 e. The third-order valence-corrected chi connectivity index (χ3v) is 4.38. The number of hydrogen-bond donors (Lipinski definition) is 1. The van der Waals surface area contributed by atoms with Crippen LogP contribution in [0.1, 0.15) is 29.9 Å². The second kappa shape index (κ2) is 8.83. The molecule has 3 rings (SSSR count). The van der Waals surface area contributed by atoms with Gasteiger partial charge in [0, 0.05) is 19.7 Å². The molecule has 1 aromatic carbocycles. The van der Waals surface area contributed by atoms with Crippen molar-refractivity contribution in [1.29, 1.82) is 0 Å². The molecule has 2 aromatic rings. The van der Waals surface area contributed by atoms with Crippen molar-refractivity contribution in [1.82, 2.24) is 10.2 Å². The minimum Gasteiger partial charge on any atom is -0.464 e. The summed E-state index contributed by atoms with van der Waals surface area (Å²) in [5.74, 6) is 1.73. The lowest BCUT2D eigenvalue weighted by molar-refractivity contribution is -0.131. The molecular formula is C20H26N2O3. The van der Waals surface area contributed by atoms with E-state index in [9.17, 15) is 4.79 Å². The molecule has 0 saturated carbocycles. The van der Waals surface area contributed by atoms with Gasteiger partial charge in [0.1, 0.15) is 11.5 Å². The second-order valence-electron chi connectivity index (χ2n) is 6.51. The first-order chi connectivity index (χ1) is 12.2. The molecule has 2 heterocycles. The molecule has 0 bridgehead atoms. The first kappa shape index (κ1) is 17.7. The molecule has 5 nitrogen and oxygen atoms in total. The molecule has 1 amide bonds. The summed E-state index contributed by atoms with van der Waals surface area (Å²) in [5.41, 5.74) is 1.11. The zero-order valence-corrected chi connectivity index (χ0v) is 14.7. The van der Waals surface area contributed by atoms with Crippen molar-refractivity contribution in [3.8, 4) is 0 Å². The van der Waals surface area contributed by atoms with Crippen molar-refractivity contribution in [2.75, 3.05) is 19.7 Å². The largest absolute Gasteiger partial charge is 0.464 e. The fourth-order valence-electron chi connectivity index (χ4n) is 3.05. The normalized spacial score (nSPS) is 16.9. The van der Waals surface area contributed by atoms with E-state index >= 15 is 0 Å². The number of aryl methyl sites for hydroxylation is 1. The summed E-state index contributed by atoms with van der Waals surface area (Å²) >= 11 is 0. The van der Waals surface area contributed by atoms with Crippen LogP contribution in [0.25, 0.3) is 0 Å². The molecule has 1 unspecified atom stereocenters. The van der Waals surface area contributed by atoms with E-state index < -0.39 is 0 Å². The van der Waals surface area contributed by atoms with Gasteiger partial charge in [0.25, 0.3) is 0 Å². The summed E-state index contributed by atoms with van der Waals surface area (Å²) in [6.07, 6.45) is 2.42. The Bertz CT molecular complexity index is 663. The number of hydrogen-bond acceptors (Lipinski definition) is 4. The summed E-state index contributed by atoms with van der Waals surface area (Å²) in [4.78, 5) is 14.5. The Hall–Kier alpha value is -2.11. The zero-order chi connectivity index (χ0) is 17.5. The third-order valence-electron chi connectivity index (χ3n) is 4.38. The smallest absolute Gasteiger partial charge is 0.237 e. The third kappa shape index (κ3) is 5.44. The molecule has 1 atom stereocenters. The van der Waals surface area contributed by atoms with Crippen molar-refractivity contribution in [3.63, 3.8) is 0 Å². The highest BCUT2D eigenvalue weighted by atomic mass is 16.5. The summed E-state index contributed by atoms with van der Waals surface area (Å²) in [5, 5.41) is 3.24. The average Bonchev–Trinajstić information content (AvgIpc) is 3.27. The van der Waals surface area contributed by atoms with Gasteiger partial charge in [-0.05, 0) is 37.5 Å². The molecule has 5 heteroatoms. The Morgan fingerprint density at radius 1 is 1.20 bits per heavy atom. The Kier molecular flexibility index (Phi) is 6.25. The number of nitrogens with zero attached hydrogens (tertiary/aromatic N) is 1. The van der Waals surface area contributed by atoms with Crippen molar-refractivity contribution in [2.45, 2.75) is 39.0 Å². The number of ether oxygens (including phenoxy) is 1. The predicted molar refractivity (Wildman–Crippen MR) is 96.0 cm³/mol. The molecular weight excluding hydrogens is 316 g/mol. The van der Waals surface area contributed by atoms with Crippen LogP contribution >= 0.6 is 0 Å². The molecule has 25 heavy (non-hydrogen) atoms. The van der Waals surface area contributed by atoms with Gasteiger partial charge in [0.15, 0.2) is 0 Å². The van der Waals surface area contributed by atoms with Gasteiger partial charge in [-0.1, -0.05) is 30.3 Å². The number of benzene rings is 1. The summed E-state index contributed by atoms with van der Waals surface area (Å²) in [6, 6.07) is 13.9. The highest BCUT2D eigenvalue weighted by Gasteiger charge is 2.18. The Labute approximate surface area is 149 Å². The number of nitrogens with one attached hydrogen (secondary N) is 1. The summed E-state index contributed by atoms with van der Waals surface area (Å²) in [7, 11) is 0.